The molecule has 94 valence electrons. The van der Waals surface area contributed by atoms with Crippen molar-refractivity contribution in [1.82, 2.24) is 4.98 Å². The van der Waals surface area contributed by atoms with Crippen LogP contribution in [0.25, 0.3) is 22.2 Å². The van der Waals surface area contributed by atoms with E-state index in [0.29, 0.717) is 0 Å². The highest BCUT2D eigenvalue weighted by Gasteiger charge is 2.04. The third kappa shape index (κ3) is 2.17. The summed E-state index contributed by atoms with van der Waals surface area (Å²) in [5, 5.41) is 1.16. The number of anilines is 1. The molecule has 0 aliphatic heterocycles. The summed E-state index contributed by atoms with van der Waals surface area (Å²) in [4.78, 5) is 4.71. The summed E-state index contributed by atoms with van der Waals surface area (Å²) in [6.45, 7) is 2.11. The molecule has 0 aliphatic rings. The van der Waals surface area contributed by atoms with Crippen molar-refractivity contribution in [3.63, 3.8) is 0 Å². The molecule has 3 aromatic rings. The smallest absolute Gasteiger partial charge is 0.0709 e. The van der Waals surface area contributed by atoms with Gasteiger partial charge in [-0.1, -0.05) is 37.3 Å². The van der Waals surface area contributed by atoms with E-state index >= 15 is 0 Å². The summed E-state index contributed by atoms with van der Waals surface area (Å²) < 4.78 is 0. The molecule has 0 radical (unpaired) electrons. The number of nitrogens with two attached hydrogens (primary N) is 1. The minimum absolute atomic E-state index is 0.854. The average molecular weight is 248 g/mol. The van der Waals surface area contributed by atoms with Crippen LogP contribution in [-0.4, -0.2) is 4.98 Å². The first-order valence-corrected chi connectivity index (χ1v) is 6.52. The molecule has 3 rings (SSSR count). The van der Waals surface area contributed by atoms with Crippen LogP contribution in [0.1, 0.15) is 12.5 Å². The Morgan fingerprint density at radius 3 is 2.68 bits per heavy atom. The minimum atomic E-state index is 0.854. The number of para-hydroxylation sites is 1. The quantitative estimate of drug-likeness (QED) is 0.695. The van der Waals surface area contributed by atoms with Gasteiger partial charge in [0.25, 0.3) is 0 Å². The molecule has 1 aromatic heterocycles. The van der Waals surface area contributed by atoms with Gasteiger partial charge in [-0.05, 0) is 36.2 Å². The van der Waals surface area contributed by atoms with Gasteiger partial charge in [-0.15, -0.1) is 0 Å². The topological polar surface area (TPSA) is 38.9 Å². The summed E-state index contributed by atoms with van der Waals surface area (Å²) >= 11 is 0. The van der Waals surface area contributed by atoms with Crippen molar-refractivity contribution in [1.29, 1.82) is 0 Å². The Kier molecular flexibility index (Phi) is 2.92. The minimum Gasteiger partial charge on any atom is -0.399 e. The number of nitrogen functional groups attached to an aromatic ring is 1. The number of aromatic nitrogens is 1. The van der Waals surface area contributed by atoms with Gasteiger partial charge in [-0.25, -0.2) is 4.98 Å². The largest absolute Gasteiger partial charge is 0.399 e. The second-order valence-electron chi connectivity index (χ2n) is 4.66. The van der Waals surface area contributed by atoms with Gasteiger partial charge >= 0.3 is 0 Å². The van der Waals surface area contributed by atoms with Crippen LogP contribution in [0.15, 0.2) is 54.6 Å². The monoisotopic (exact) mass is 248 g/mol. The maximum atomic E-state index is 5.95. The highest BCUT2D eigenvalue weighted by Crippen LogP contribution is 2.24. The van der Waals surface area contributed by atoms with Crippen LogP contribution in [0.4, 0.5) is 5.69 Å². The molecule has 0 atom stereocenters. The Balaban J connectivity index is 2.13. The standard InChI is InChI=1S/C17H16N2/c1-2-12-11-14(7-9-15(12)18)17-10-8-13-5-3-4-6-16(13)19-17/h3-11H,2,18H2,1H3. The lowest BCUT2D eigenvalue weighted by Gasteiger charge is -2.07. The zero-order chi connectivity index (χ0) is 13.2. The first-order chi connectivity index (χ1) is 9.28. The van der Waals surface area contributed by atoms with Crippen LogP contribution in [0, 0.1) is 0 Å². The van der Waals surface area contributed by atoms with Gasteiger partial charge in [0.15, 0.2) is 0 Å². The highest BCUT2D eigenvalue weighted by atomic mass is 14.7. The SMILES string of the molecule is CCc1cc(-c2ccc3ccccc3n2)ccc1N. The molecular weight excluding hydrogens is 232 g/mol. The van der Waals surface area contributed by atoms with Gasteiger partial charge in [-0.3, -0.25) is 0 Å². The lowest BCUT2D eigenvalue weighted by Crippen LogP contribution is -1.94. The predicted octanol–water partition coefficient (Wildman–Crippen LogP) is 4.05. The van der Waals surface area contributed by atoms with Crippen molar-refractivity contribution >= 4 is 16.6 Å². The molecule has 0 fully saturated rings. The van der Waals surface area contributed by atoms with E-state index in [4.69, 9.17) is 10.7 Å². The Bertz CT molecular complexity index is 732. The predicted molar refractivity (Wildman–Crippen MR) is 81.0 cm³/mol. The van der Waals surface area contributed by atoms with E-state index in [0.717, 1.165) is 34.3 Å². The number of pyridine rings is 1. The lowest BCUT2D eigenvalue weighted by atomic mass is 10.0. The number of hydrogen-bond acceptors (Lipinski definition) is 2. The van der Waals surface area contributed by atoms with E-state index < -0.39 is 0 Å². The fraction of sp³-hybridized carbons (Fsp3) is 0.118. The van der Waals surface area contributed by atoms with Gasteiger partial charge < -0.3 is 5.73 Å². The van der Waals surface area contributed by atoms with Crippen LogP contribution in [-0.2, 0) is 6.42 Å². The molecule has 0 unspecified atom stereocenters. The summed E-state index contributed by atoms with van der Waals surface area (Å²) in [5.74, 6) is 0. The molecule has 2 aromatic carbocycles. The highest BCUT2D eigenvalue weighted by molar-refractivity contribution is 5.81. The summed E-state index contributed by atoms with van der Waals surface area (Å²) in [6, 6.07) is 18.5. The summed E-state index contributed by atoms with van der Waals surface area (Å²) in [6.07, 6.45) is 0.938. The second kappa shape index (κ2) is 4.73. The first kappa shape index (κ1) is 11.7. The molecule has 2 heteroatoms. The third-order valence-electron chi connectivity index (χ3n) is 3.42. The summed E-state index contributed by atoms with van der Waals surface area (Å²) in [5.41, 5.74) is 11.1. The molecule has 0 amide bonds. The number of nitrogens with zero attached hydrogens (tertiary/aromatic N) is 1. The molecule has 0 bridgehead atoms. The van der Waals surface area contributed by atoms with Crippen molar-refractivity contribution in [3.8, 4) is 11.3 Å². The van der Waals surface area contributed by atoms with Crippen LogP contribution >= 0.6 is 0 Å². The van der Waals surface area contributed by atoms with Crippen molar-refractivity contribution < 1.29 is 0 Å². The number of benzene rings is 2. The molecule has 1 heterocycles. The molecular formula is C17H16N2. The van der Waals surface area contributed by atoms with Gasteiger partial charge in [0, 0.05) is 16.6 Å². The van der Waals surface area contributed by atoms with Crippen LogP contribution in [0.3, 0.4) is 0 Å². The van der Waals surface area contributed by atoms with E-state index in [9.17, 15) is 0 Å². The van der Waals surface area contributed by atoms with Crippen LogP contribution < -0.4 is 5.73 Å². The normalized spacial score (nSPS) is 10.8. The number of rotatable bonds is 2. The molecule has 19 heavy (non-hydrogen) atoms. The molecule has 2 N–H and O–H groups in total. The second-order valence-corrected chi connectivity index (χ2v) is 4.66. The number of hydrogen-bond donors (Lipinski definition) is 1. The Morgan fingerprint density at radius 2 is 1.84 bits per heavy atom. The van der Waals surface area contributed by atoms with E-state index in [2.05, 4.69) is 31.2 Å². The van der Waals surface area contributed by atoms with E-state index in [-0.39, 0.29) is 0 Å². The van der Waals surface area contributed by atoms with Crippen molar-refractivity contribution in [2.24, 2.45) is 0 Å². The van der Waals surface area contributed by atoms with Crippen molar-refractivity contribution in [2.75, 3.05) is 5.73 Å². The maximum absolute atomic E-state index is 5.95. The van der Waals surface area contributed by atoms with E-state index in [1.165, 1.54) is 5.56 Å². The number of aryl methyl sites for hydroxylation is 1. The van der Waals surface area contributed by atoms with Gasteiger partial charge in [-0.2, -0.15) is 0 Å². The maximum Gasteiger partial charge on any atom is 0.0709 e. The average Bonchev–Trinajstić information content (AvgIpc) is 2.47. The molecule has 0 aliphatic carbocycles. The van der Waals surface area contributed by atoms with Gasteiger partial charge in [0.05, 0.1) is 11.2 Å². The zero-order valence-corrected chi connectivity index (χ0v) is 10.9. The molecule has 0 spiro atoms. The van der Waals surface area contributed by atoms with E-state index in [1.807, 2.05) is 30.3 Å². The van der Waals surface area contributed by atoms with E-state index in [1.54, 1.807) is 0 Å². The van der Waals surface area contributed by atoms with Gasteiger partial charge in [0.2, 0.25) is 0 Å². The molecule has 0 saturated heterocycles. The number of fused-ring (bicyclic) bond motifs is 1. The van der Waals surface area contributed by atoms with Gasteiger partial charge in [0.1, 0.15) is 0 Å². The van der Waals surface area contributed by atoms with Crippen LogP contribution in [0.2, 0.25) is 0 Å². The summed E-state index contributed by atoms with van der Waals surface area (Å²) in [7, 11) is 0. The lowest BCUT2D eigenvalue weighted by molar-refractivity contribution is 1.14. The van der Waals surface area contributed by atoms with Crippen LogP contribution in [0.5, 0.6) is 0 Å². The fourth-order valence-electron chi connectivity index (χ4n) is 2.30. The third-order valence-corrected chi connectivity index (χ3v) is 3.42. The van der Waals surface area contributed by atoms with Crippen molar-refractivity contribution in [3.05, 3.63) is 60.2 Å². The Labute approximate surface area is 112 Å². The Morgan fingerprint density at radius 1 is 1.00 bits per heavy atom. The molecule has 2 nitrogen and oxygen atoms in total. The first-order valence-electron chi connectivity index (χ1n) is 6.52. The zero-order valence-electron chi connectivity index (χ0n) is 10.9. The van der Waals surface area contributed by atoms with Crippen molar-refractivity contribution in [2.45, 2.75) is 13.3 Å². The Hall–Kier alpha value is -2.35. The molecule has 0 saturated carbocycles. The fourth-order valence-corrected chi connectivity index (χ4v) is 2.30.